The third kappa shape index (κ3) is 5.60. The summed E-state index contributed by atoms with van der Waals surface area (Å²) in [5.74, 6) is 0. The Kier molecular flexibility index (Phi) is 7.06. The molecule has 1 aliphatic rings. The Bertz CT molecular complexity index is 1110. The number of aryl methyl sites for hydroxylation is 2. The number of piperazine rings is 1. The number of nitrogens with one attached hydrogen (secondary N) is 1. The van der Waals surface area contributed by atoms with Crippen molar-refractivity contribution in [2.24, 2.45) is 0 Å². The Morgan fingerprint density at radius 2 is 1.91 bits per heavy atom. The predicted octanol–water partition coefficient (Wildman–Crippen LogP) is 4.14. The van der Waals surface area contributed by atoms with Crippen LogP contribution in [0.5, 0.6) is 0 Å². The standard InChI is InChI=1S/C26H29N5O2/c1-19-3-4-20(2)23(13-19)17-33-26(32)31-11-9-30(10-12-31)25(24-16-28-18-29-24)14-21-5-7-22(15-27)8-6-21/h3-8,13,16,18,25H,9-12,14,17H2,1-2H3,(H,28,29). The quantitative estimate of drug-likeness (QED) is 0.619. The Labute approximate surface area is 194 Å². The van der Waals surface area contributed by atoms with E-state index in [0.717, 1.165) is 47.5 Å². The zero-order chi connectivity index (χ0) is 23.2. The summed E-state index contributed by atoms with van der Waals surface area (Å²) >= 11 is 0. The SMILES string of the molecule is Cc1ccc(C)c(COC(=O)N2CCN(C(Cc3ccc(C#N)cc3)c3cnc[nH]3)CC2)c1. The number of benzene rings is 2. The Balaban J connectivity index is 1.36. The summed E-state index contributed by atoms with van der Waals surface area (Å²) in [6.07, 6.45) is 4.09. The highest BCUT2D eigenvalue weighted by molar-refractivity contribution is 5.67. The van der Waals surface area contributed by atoms with Crippen molar-refractivity contribution in [3.05, 3.63) is 88.5 Å². The molecule has 1 fully saturated rings. The van der Waals surface area contributed by atoms with Crippen LogP contribution >= 0.6 is 0 Å². The number of amides is 1. The van der Waals surface area contributed by atoms with Crippen LogP contribution in [0, 0.1) is 25.2 Å². The van der Waals surface area contributed by atoms with Crippen LogP contribution in [0.4, 0.5) is 4.79 Å². The molecule has 2 heterocycles. The number of carbonyl (C=O) groups is 1. The van der Waals surface area contributed by atoms with Crippen molar-refractivity contribution in [2.75, 3.05) is 26.2 Å². The molecule has 7 heteroatoms. The molecule has 0 radical (unpaired) electrons. The number of rotatable bonds is 6. The third-order valence-corrected chi connectivity index (χ3v) is 6.26. The van der Waals surface area contributed by atoms with E-state index in [9.17, 15) is 4.79 Å². The lowest BCUT2D eigenvalue weighted by molar-refractivity contribution is 0.0587. The van der Waals surface area contributed by atoms with Crippen molar-refractivity contribution in [1.29, 1.82) is 5.26 Å². The van der Waals surface area contributed by atoms with Crippen molar-refractivity contribution in [3.63, 3.8) is 0 Å². The van der Waals surface area contributed by atoms with Crippen LogP contribution in [0.15, 0.2) is 55.0 Å². The molecule has 4 rings (SSSR count). The lowest BCUT2D eigenvalue weighted by atomic mass is 10.0. The molecule has 0 spiro atoms. The van der Waals surface area contributed by atoms with E-state index in [1.807, 2.05) is 44.3 Å². The second kappa shape index (κ2) is 10.3. The molecule has 0 bridgehead atoms. The van der Waals surface area contributed by atoms with Crippen LogP contribution in [0.2, 0.25) is 0 Å². The fourth-order valence-electron chi connectivity index (χ4n) is 4.23. The second-order valence-electron chi connectivity index (χ2n) is 8.54. The molecule has 1 amide bonds. The number of nitriles is 1. The molecule has 7 nitrogen and oxygen atoms in total. The van der Waals surface area contributed by atoms with Gasteiger partial charge in [-0.15, -0.1) is 0 Å². The molecule has 1 aromatic heterocycles. The van der Waals surface area contributed by atoms with Crippen LogP contribution in [-0.2, 0) is 17.8 Å². The van der Waals surface area contributed by atoms with Gasteiger partial charge in [-0.3, -0.25) is 4.90 Å². The van der Waals surface area contributed by atoms with Gasteiger partial charge in [0.25, 0.3) is 0 Å². The minimum atomic E-state index is -0.263. The molecule has 0 saturated carbocycles. The number of aromatic amines is 1. The van der Waals surface area contributed by atoms with Gasteiger partial charge in [-0.2, -0.15) is 5.26 Å². The number of ether oxygens (including phenoxy) is 1. The Hall–Kier alpha value is -3.63. The van der Waals surface area contributed by atoms with Crippen LogP contribution in [-0.4, -0.2) is 52.0 Å². The summed E-state index contributed by atoms with van der Waals surface area (Å²) in [6.45, 7) is 7.09. The molecule has 1 aliphatic heterocycles. The van der Waals surface area contributed by atoms with E-state index in [2.05, 4.69) is 39.1 Å². The van der Waals surface area contributed by atoms with E-state index in [0.29, 0.717) is 25.3 Å². The van der Waals surface area contributed by atoms with Gasteiger partial charge in [0.2, 0.25) is 0 Å². The van der Waals surface area contributed by atoms with E-state index in [4.69, 9.17) is 10.00 Å². The number of imidazole rings is 1. The normalized spacial score (nSPS) is 15.1. The average molecular weight is 444 g/mol. The number of hydrogen-bond donors (Lipinski definition) is 1. The van der Waals surface area contributed by atoms with Crippen LogP contribution in [0.3, 0.4) is 0 Å². The summed E-state index contributed by atoms with van der Waals surface area (Å²) in [7, 11) is 0. The first kappa shape index (κ1) is 22.6. The minimum Gasteiger partial charge on any atom is -0.445 e. The predicted molar refractivity (Wildman–Crippen MR) is 125 cm³/mol. The van der Waals surface area contributed by atoms with Crippen molar-refractivity contribution in [3.8, 4) is 6.07 Å². The highest BCUT2D eigenvalue weighted by atomic mass is 16.6. The van der Waals surface area contributed by atoms with Gasteiger partial charge in [0.1, 0.15) is 6.61 Å². The highest BCUT2D eigenvalue weighted by Crippen LogP contribution is 2.25. The fourth-order valence-corrected chi connectivity index (χ4v) is 4.23. The first-order valence-electron chi connectivity index (χ1n) is 11.2. The average Bonchev–Trinajstić information content (AvgIpc) is 3.38. The molecule has 2 aromatic carbocycles. The number of aromatic nitrogens is 2. The molecule has 170 valence electrons. The fraction of sp³-hybridized carbons (Fsp3) is 0.346. The Morgan fingerprint density at radius 3 is 2.58 bits per heavy atom. The molecule has 3 aromatic rings. The number of carbonyl (C=O) groups excluding carboxylic acids is 1. The molecular weight excluding hydrogens is 414 g/mol. The van der Waals surface area contributed by atoms with E-state index >= 15 is 0 Å². The van der Waals surface area contributed by atoms with Crippen molar-refractivity contribution in [2.45, 2.75) is 32.9 Å². The van der Waals surface area contributed by atoms with Gasteiger partial charge < -0.3 is 14.6 Å². The smallest absolute Gasteiger partial charge is 0.410 e. The topological polar surface area (TPSA) is 85.2 Å². The molecule has 0 aliphatic carbocycles. The lowest BCUT2D eigenvalue weighted by Crippen LogP contribution is -2.50. The molecule has 1 atom stereocenters. The van der Waals surface area contributed by atoms with E-state index in [1.54, 1.807) is 11.2 Å². The zero-order valence-electron chi connectivity index (χ0n) is 19.1. The van der Waals surface area contributed by atoms with Crippen molar-refractivity contribution in [1.82, 2.24) is 19.8 Å². The Morgan fingerprint density at radius 1 is 1.15 bits per heavy atom. The van der Waals surface area contributed by atoms with Gasteiger partial charge in [0, 0.05) is 32.4 Å². The van der Waals surface area contributed by atoms with Gasteiger partial charge in [-0.05, 0) is 49.1 Å². The van der Waals surface area contributed by atoms with E-state index in [1.165, 1.54) is 0 Å². The summed E-state index contributed by atoms with van der Waals surface area (Å²) in [5.41, 5.74) is 6.19. The maximum Gasteiger partial charge on any atom is 0.410 e. The number of H-pyrrole nitrogens is 1. The van der Waals surface area contributed by atoms with Crippen molar-refractivity contribution >= 4 is 6.09 Å². The van der Waals surface area contributed by atoms with Gasteiger partial charge in [0.15, 0.2) is 0 Å². The first-order valence-corrected chi connectivity index (χ1v) is 11.2. The number of hydrogen-bond acceptors (Lipinski definition) is 5. The second-order valence-corrected chi connectivity index (χ2v) is 8.54. The van der Waals surface area contributed by atoms with Gasteiger partial charge in [-0.1, -0.05) is 35.9 Å². The summed E-state index contributed by atoms with van der Waals surface area (Å²) in [6, 6.07) is 16.2. The molecule has 1 saturated heterocycles. The molecular formula is C26H29N5O2. The zero-order valence-corrected chi connectivity index (χ0v) is 19.1. The lowest BCUT2D eigenvalue weighted by Gasteiger charge is -2.38. The minimum absolute atomic E-state index is 0.119. The van der Waals surface area contributed by atoms with Crippen molar-refractivity contribution < 1.29 is 9.53 Å². The molecule has 33 heavy (non-hydrogen) atoms. The van der Waals surface area contributed by atoms with Crippen LogP contribution in [0.1, 0.15) is 39.6 Å². The number of nitrogens with zero attached hydrogens (tertiary/aromatic N) is 4. The van der Waals surface area contributed by atoms with E-state index in [-0.39, 0.29) is 12.1 Å². The maximum atomic E-state index is 12.7. The van der Waals surface area contributed by atoms with Crippen LogP contribution < -0.4 is 0 Å². The van der Waals surface area contributed by atoms with Gasteiger partial charge >= 0.3 is 6.09 Å². The summed E-state index contributed by atoms with van der Waals surface area (Å²) in [5, 5.41) is 9.05. The molecule has 1 N–H and O–H groups in total. The van der Waals surface area contributed by atoms with Gasteiger partial charge in [-0.25, -0.2) is 9.78 Å². The van der Waals surface area contributed by atoms with Crippen LogP contribution in [0.25, 0.3) is 0 Å². The summed E-state index contributed by atoms with van der Waals surface area (Å²) < 4.78 is 5.61. The summed E-state index contributed by atoms with van der Waals surface area (Å²) in [4.78, 5) is 24.3. The maximum absolute atomic E-state index is 12.7. The van der Waals surface area contributed by atoms with E-state index < -0.39 is 0 Å². The monoisotopic (exact) mass is 443 g/mol. The van der Waals surface area contributed by atoms with Gasteiger partial charge in [0.05, 0.1) is 29.7 Å². The largest absolute Gasteiger partial charge is 0.445 e. The molecule has 1 unspecified atom stereocenters. The first-order chi connectivity index (χ1) is 16.0. The highest BCUT2D eigenvalue weighted by Gasteiger charge is 2.28. The third-order valence-electron chi connectivity index (χ3n) is 6.26.